The number of benzene rings is 1. The van der Waals surface area contributed by atoms with Crippen molar-refractivity contribution in [3.8, 4) is 0 Å². The molecular weight excluding hydrogens is 262 g/mol. The van der Waals surface area contributed by atoms with Crippen LogP contribution in [0, 0.1) is 0 Å². The molecule has 1 aromatic rings. The number of hydrogen-bond donors (Lipinski definition) is 0. The summed E-state index contributed by atoms with van der Waals surface area (Å²) >= 11 is 0. The number of amides is 1. The van der Waals surface area contributed by atoms with Crippen LogP contribution >= 0.6 is 0 Å². The fourth-order valence-electron chi connectivity index (χ4n) is 3.95. The maximum Gasteiger partial charge on any atom is 0.233 e. The normalized spacial score (nSPS) is 25.0. The van der Waals surface area contributed by atoms with Crippen molar-refractivity contribution in [3.63, 3.8) is 0 Å². The first-order chi connectivity index (χ1) is 10.3. The van der Waals surface area contributed by atoms with Crippen molar-refractivity contribution in [2.75, 3.05) is 20.2 Å². The predicted octanol–water partition coefficient (Wildman–Crippen LogP) is 3.14. The molecule has 0 aromatic heterocycles. The van der Waals surface area contributed by atoms with Crippen molar-refractivity contribution >= 4 is 5.91 Å². The maximum atomic E-state index is 13.3. The minimum absolute atomic E-state index is 0.213. The molecule has 1 amide bonds. The van der Waals surface area contributed by atoms with Gasteiger partial charge in [0, 0.05) is 20.2 Å². The van der Waals surface area contributed by atoms with Gasteiger partial charge in [0.15, 0.2) is 0 Å². The Morgan fingerprint density at radius 1 is 1.19 bits per heavy atom. The lowest BCUT2D eigenvalue weighted by atomic mass is 9.68. The molecule has 1 heterocycles. The molecule has 2 aliphatic rings. The highest BCUT2D eigenvalue weighted by molar-refractivity contribution is 5.88. The highest BCUT2D eigenvalue weighted by atomic mass is 16.5. The third-order valence-electron chi connectivity index (χ3n) is 5.21. The average Bonchev–Trinajstić information content (AvgIpc) is 3.04. The number of carbonyl (C=O) groups excluding carboxylic acids is 1. The summed E-state index contributed by atoms with van der Waals surface area (Å²) < 4.78 is 5.42. The van der Waals surface area contributed by atoms with Gasteiger partial charge in [0.2, 0.25) is 5.91 Å². The average molecular weight is 287 g/mol. The number of nitrogens with zero attached hydrogens (tertiary/aromatic N) is 1. The second-order valence-corrected chi connectivity index (χ2v) is 6.41. The molecule has 3 heteroatoms. The zero-order valence-corrected chi connectivity index (χ0v) is 12.9. The smallest absolute Gasteiger partial charge is 0.233 e. The van der Waals surface area contributed by atoms with Crippen molar-refractivity contribution in [1.82, 2.24) is 4.90 Å². The van der Waals surface area contributed by atoms with Gasteiger partial charge in [-0.15, -0.1) is 0 Å². The molecule has 3 nitrogen and oxygen atoms in total. The molecule has 1 saturated heterocycles. The third-order valence-corrected chi connectivity index (χ3v) is 5.21. The Hall–Kier alpha value is -1.35. The van der Waals surface area contributed by atoms with Crippen LogP contribution in [0.4, 0.5) is 0 Å². The van der Waals surface area contributed by atoms with E-state index in [0.717, 1.165) is 45.2 Å². The molecule has 1 aromatic carbocycles. The third kappa shape index (κ3) is 2.71. The second-order valence-electron chi connectivity index (χ2n) is 6.41. The van der Waals surface area contributed by atoms with E-state index in [2.05, 4.69) is 24.3 Å². The molecule has 1 aliphatic carbocycles. The molecule has 0 N–H and O–H groups in total. The van der Waals surface area contributed by atoms with Gasteiger partial charge in [-0.2, -0.15) is 0 Å². The monoisotopic (exact) mass is 287 g/mol. The lowest BCUT2D eigenvalue weighted by Gasteiger charge is -2.39. The number of ether oxygens (including phenoxy) is 1. The van der Waals surface area contributed by atoms with Gasteiger partial charge < -0.3 is 9.64 Å². The van der Waals surface area contributed by atoms with Crippen LogP contribution in [-0.4, -0.2) is 37.1 Å². The molecule has 1 aliphatic heterocycles. The highest BCUT2D eigenvalue weighted by Crippen LogP contribution is 2.41. The molecule has 0 radical (unpaired) electrons. The minimum Gasteiger partial charge on any atom is -0.380 e. The van der Waals surface area contributed by atoms with Gasteiger partial charge in [0.25, 0.3) is 0 Å². The summed E-state index contributed by atoms with van der Waals surface area (Å²) in [6.45, 7) is 1.59. The summed E-state index contributed by atoms with van der Waals surface area (Å²) in [5.41, 5.74) is 0.915. The van der Waals surface area contributed by atoms with E-state index < -0.39 is 0 Å². The molecule has 1 unspecified atom stereocenters. The zero-order chi connectivity index (χ0) is 14.7. The SMILES string of the molecule is COC1CCN(C(=O)C2(c3ccccc3)CCCCC2)C1. The number of rotatable bonds is 3. The second kappa shape index (κ2) is 6.18. The Morgan fingerprint density at radius 2 is 1.90 bits per heavy atom. The van der Waals surface area contributed by atoms with E-state index in [1.807, 2.05) is 11.0 Å². The lowest BCUT2D eigenvalue weighted by Crippen LogP contribution is -2.47. The van der Waals surface area contributed by atoms with Crippen LogP contribution in [0.25, 0.3) is 0 Å². The molecule has 0 spiro atoms. The lowest BCUT2D eigenvalue weighted by molar-refractivity contribution is -0.138. The van der Waals surface area contributed by atoms with Crippen LogP contribution in [0.2, 0.25) is 0 Å². The van der Waals surface area contributed by atoms with Crippen LogP contribution in [-0.2, 0) is 14.9 Å². The first-order valence-corrected chi connectivity index (χ1v) is 8.14. The van der Waals surface area contributed by atoms with Crippen molar-refractivity contribution in [1.29, 1.82) is 0 Å². The van der Waals surface area contributed by atoms with Crippen LogP contribution < -0.4 is 0 Å². The molecule has 0 bridgehead atoms. The minimum atomic E-state index is -0.290. The molecule has 1 atom stereocenters. The predicted molar refractivity (Wildman–Crippen MR) is 83.2 cm³/mol. The fourth-order valence-corrected chi connectivity index (χ4v) is 3.95. The maximum absolute atomic E-state index is 13.3. The van der Waals surface area contributed by atoms with E-state index in [-0.39, 0.29) is 11.5 Å². The van der Waals surface area contributed by atoms with E-state index in [4.69, 9.17) is 4.74 Å². The first kappa shape index (κ1) is 14.6. The Bertz CT molecular complexity index is 479. The summed E-state index contributed by atoms with van der Waals surface area (Å²) in [4.78, 5) is 15.3. The van der Waals surface area contributed by atoms with Crippen molar-refractivity contribution in [3.05, 3.63) is 35.9 Å². The van der Waals surface area contributed by atoms with Gasteiger partial charge in [0.05, 0.1) is 11.5 Å². The standard InChI is InChI=1S/C18H25NO2/c1-21-16-10-13-19(14-16)17(20)18(11-6-3-7-12-18)15-8-4-2-5-9-15/h2,4-5,8-9,16H,3,6-7,10-14H2,1H3. The Kier molecular flexibility index (Phi) is 4.29. The molecule has 21 heavy (non-hydrogen) atoms. The van der Waals surface area contributed by atoms with Gasteiger partial charge in [-0.3, -0.25) is 4.79 Å². The number of methoxy groups -OCH3 is 1. The van der Waals surface area contributed by atoms with Crippen molar-refractivity contribution in [2.45, 2.75) is 50.0 Å². The summed E-state index contributed by atoms with van der Waals surface area (Å²) in [6, 6.07) is 10.4. The van der Waals surface area contributed by atoms with Gasteiger partial charge in [-0.1, -0.05) is 49.6 Å². The largest absolute Gasteiger partial charge is 0.380 e. The zero-order valence-electron chi connectivity index (χ0n) is 12.9. The van der Waals surface area contributed by atoms with Crippen LogP contribution in [0.1, 0.15) is 44.1 Å². The van der Waals surface area contributed by atoms with E-state index in [9.17, 15) is 4.79 Å². The Morgan fingerprint density at radius 3 is 2.52 bits per heavy atom. The van der Waals surface area contributed by atoms with E-state index in [1.54, 1.807) is 7.11 Å². The van der Waals surface area contributed by atoms with Crippen LogP contribution in [0.5, 0.6) is 0 Å². The van der Waals surface area contributed by atoms with Crippen LogP contribution in [0.3, 0.4) is 0 Å². The number of likely N-dealkylation sites (tertiary alicyclic amines) is 1. The van der Waals surface area contributed by atoms with Gasteiger partial charge in [-0.05, 0) is 24.8 Å². The summed E-state index contributed by atoms with van der Waals surface area (Å²) in [6.07, 6.45) is 6.72. The van der Waals surface area contributed by atoms with Crippen LogP contribution in [0.15, 0.2) is 30.3 Å². The highest BCUT2D eigenvalue weighted by Gasteiger charge is 2.44. The molecule has 3 rings (SSSR count). The van der Waals surface area contributed by atoms with E-state index in [0.29, 0.717) is 5.91 Å². The molecular formula is C18H25NO2. The van der Waals surface area contributed by atoms with Gasteiger partial charge in [0.1, 0.15) is 0 Å². The topological polar surface area (TPSA) is 29.5 Å². The Balaban J connectivity index is 1.87. The fraction of sp³-hybridized carbons (Fsp3) is 0.611. The number of hydrogen-bond acceptors (Lipinski definition) is 2. The first-order valence-electron chi connectivity index (χ1n) is 8.14. The Labute approximate surface area is 127 Å². The molecule has 2 fully saturated rings. The summed E-state index contributed by atoms with van der Waals surface area (Å²) in [7, 11) is 1.74. The molecule has 1 saturated carbocycles. The van der Waals surface area contributed by atoms with Gasteiger partial charge >= 0.3 is 0 Å². The van der Waals surface area contributed by atoms with Gasteiger partial charge in [-0.25, -0.2) is 0 Å². The number of carbonyl (C=O) groups is 1. The summed E-state index contributed by atoms with van der Waals surface area (Å²) in [5, 5.41) is 0. The molecule has 114 valence electrons. The summed E-state index contributed by atoms with van der Waals surface area (Å²) in [5.74, 6) is 0.327. The van der Waals surface area contributed by atoms with E-state index >= 15 is 0 Å². The van der Waals surface area contributed by atoms with Crippen molar-refractivity contribution < 1.29 is 9.53 Å². The van der Waals surface area contributed by atoms with Crippen molar-refractivity contribution in [2.24, 2.45) is 0 Å². The quantitative estimate of drug-likeness (QED) is 0.855. The van der Waals surface area contributed by atoms with E-state index in [1.165, 1.54) is 12.0 Å².